The van der Waals surface area contributed by atoms with Crippen molar-refractivity contribution in [2.75, 3.05) is 0 Å². The first kappa shape index (κ1) is 19.6. The molecule has 0 spiro atoms. The Hall–Kier alpha value is -3.76. The van der Waals surface area contributed by atoms with Crippen molar-refractivity contribution in [3.05, 3.63) is 120 Å². The zero-order valence-corrected chi connectivity index (χ0v) is 16.6. The monoisotopic (exact) mass is 394 g/mol. The molecule has 4 nitrogen and oxygen atoms in total. The summed E-state index contributed by atoms with van der Waals surface area (Å²) in [5.41, 5.74) is 3.22. The van der Waals surface area contributed by atoms with Gasteiger partial charge in [0, 0.05) is 0 Å². The van der Waals surface area contributed by atoms with Crippen molar-refractivity contribution in [2.45, 2.75) is 12.5 Å². The molecule has 0 radical (unpaired) electrons. The Labute approximate surface area is 175 Å². The summed E-state index contributed by atoms with van der Waals surface area (Å²) < 4.78 is 0. The third-order valence-corrected chi connectivity index (χ3v) is 5.20. The molecular formula is C26H22N2O2. The van der Waals surface area contributed by atoms with Crippen LogP contribution < -0.4 is 5.43 Å². The quantitative estimate of drug-likeness (QED) is 0.383. The molecule has 4 rings (SSSR count). The highest BCUT2D eigenvalue weighted by molar-refractivity contribution is 6.02. The summed E-state index contributed by atoms with van der Waals surface area (Å²) in [6.45, 7) is 1.83. The van der Waals surface area contributed by atoms with E-state index < -0.39 is 11.5 Å². The molecule has 0 saturated carbocycles. The normalized spacial score (nSPS) is 12.0. The number of hydrazone groups is 1. The number of benzene rings is 4. The second-order valence-electron chi connectivity index (χ2n) is 7.14. The highest BCUT2D eigenvalue weighted by Crippen LogP contribution is 2.30. The van der Waals surface area contributed by atoms with E-state index in [1.54, 1.807) is 48.5 Å². The number of carbonyl (C=O) groups excluding carboxylic acids is 1. The SMILES string of the molecule is CC(=NNC(=O)C(O)(c1ccccc1)c1ccccc1)c1ccc2ccccc2c1. The van der Waals surface area contributed by atoms with E-state index in [0.717, 1.165) is 16.3 Å². The van der Waals surface area contributed by atoms with Crippen LogP contribution in [0, 0.1) is 0 Å². The van der Waals surface area contributed by atoms with Crippen LogP contribution in [0.4, 0.5) is 0 Å². The topological polar surface area (TPSA) is 61.7 Å². The zero-order chi connectivity index (χ0) is 21.0. The number of rotatable bonds is 5. The number of nitrogens with one attached hydrogen (secondary N) is 1. The van der Waals surface area contributed by atoms with E-state index in [1.165, 1.54) is 0 Å². The molecule has 4 aromatic rings. The number of carbonyl (C=O) groups is 1. The van der Waals surface area contributed by atoms with Crippen LogP contribution in [0.1, 0.15) is 23.6 Å². The van der Waals surface area contributed by atoms with Gasteiger partial charge in [0.1, 0.15) is 0 Å². The molecule has 0 atom stereocenters. The first-order valence-corrected chi connectivity index (χ1v) is 9.76. The fourth-order valence-electron chi connectivity index (χ4n) is 3.48. The lowest BCUT2D eigenvalue weighted by Gasteiger charge is -2.27. The predicted molar refractivity (Wildman–Crippen MR) is 120 cm³/mol. The van der Waals surface area contributed by atoms with E-state index in [2.05, 4.69) is 10.5 Å². The van der Waals surface area contributed by atoms with Crippen molar-refractivity contribution < 1.29 is 9.90 Å². The van der Waals surface area contributed by atoms with Gasteiger partial charge in [-0.3, -0.25) is 4.79 Å². The Bertz CT molecular complexity index is 1160. The molecule has 4 heteroatoms. The first-order valence-electron chi connectivity index (χ1n) is 9.76. The molecule has 0 bridgehead atoms. The first-order chi connectivity index (χ1) is 14.6. The van der Waals surface area contributed by atoms with Gasteiger partial charge in [-0.05, 0) is 40.5 Å². The summed E-state index contributed by atoms with van der Waals surface area (Å²) in [7, 11) is 0. The minimum Gasteiger partial charge on any atom is -0.372 e. The molecule has 2 N–H and O–H groups in total. The van der Waals surface area contributed by atoms with Gasteiger partial charge in [-0.15, -0.1) is 0 Å². The van der Waals surface area contributed by atoms with Crippen LogP contribution in [-0.2, 0) is 10.4 Å². The van der Waals surface area contributed by atoms with Crippen LogP contribution in [0.3, 0.4) is 0 Å². The molecule has 1 amide bonds. The molecule has 0 aliphatic heterocycles. The van der Waals surface area contributed by atoms with Crippen LogP contribution in [0.2, 0.25) is 0 Å². The van der Waals surface area contributed by atoms with Gasteiger partial charge in [0.25, 0.3) is 5.91 Å². The Morgan fingerprint density at radius 1 is 0.767 bits per heavy atom. The van der Waals surface area contributed by atoms with Crippen LogP contribution in [0.15, 0.2) is 108 Å². The highest BCUT2D eigenvalue weighted by atomic mass is 16.3. The van der Waals surface area contributed by atoms with Gasteiger partial charge in [-0.1, -0.05) is 97.1 Å². The fourth-order valence-corrected chi connectivity index (χ4v) is 3.48. The standard InChI is InChI=1S/C26H22N2O2/c1-19(21-17-16-20-10-8-9-11-22(20)18-21)27-28-25(29)26(30,23-12-4-2-5-13-23)24-14-6-3-7-15-24/h2-18,30H,1H3,(H,28,29). The smallest absolute Gasteiger partial charge is 0.281 e. The van der Waals surface area contributed by atoms with Crippen LogP contribution >= 0.6 is 0 Å². The maximum atomic E-state index is 13.1. The fraction of sp³-hybridized carbons (Fsp3) is 0.0769. The predicted octanol–water partition coefficient (Wildman–Crippen LogP) is 4.62. The number of amides is 1. The molecule has 0 heterocycles. The number of hydrogen-bond acceptors (Lipinski definition) is 3. The van der Waals surface area contributed by atoms with Gasteiger partial charge in [0.15, 0.2) is 5.60 Å². The van der Waals surface area contributed by atoms with Gasteiger partial charge in [0.2, 0.25) is 0 Å². The van der Waals surface area contributed by atoms with E-state index in [9.17, 15) is 9.90 Å². The summed E-state index contributed by atoms with van der Waals surface area (Å²) in [6.07, 6.45) is 0. The lowest BCUT2D eigenvalue weighted by atomic mass is 9.85. The molecule has 148 valence electrons. The molecule has 0 fully saturated rings. The van der Waals surface area contributed by atoms with Crippen molar-refractivity contribution >= 4 is 22.4 Å². The van der Waals surface area contributed by atoms with Gasteiger partial charge >= 0.3 is 0 Å². The Kier molecular flexibility index (Phi) is 5.42. The summed E-state index contributed by atoms with van der Waals surface area (Å²) >= 11 is 0. The van der Waals surface area contributed by atoms with Crippen LogP contribution in [-0.4, -0.2) is 16.7 Å². The Balaban J connectivity index is 1.65. The van der Waals surface area contributed by atoms with E-state index in [1.807, 2.05) is 61.5 Å². The van der Waals surface area contributed by atoms with Gasteiger partial charge < -0.3 is 5.11 Å². The number of aliphatic hydroxyl groups is 1. The summed E-state index contributed by atoms with van der Waals surface area (Å²) in [6, 6.07) is 31.9. The number of nitrogens with zero attached hydrogens (tertiary/aromatic N) is 1. The van der Waals surface area contributed by atoms with Gasteiger partial charge in [-0.25, -0.2) is 5.43 Å². The molecule has 0 saturated heterocycles. The Morgan fingerprint density at radius 3 is 1.90 bits per heavy atom. The molecule has 0 aliphatic rings. The summed E-state index contributed by atoms with van der Waals surface area (Å²) in [4.78, 5) is 13.1. The number of hydrogen-bond donors (Lipinski definition) is 2. The second-order valence-corrected chi connectivity index (χ2v) is 7.14. The zero-order valence-electron chi connectivity index (χ0n) is 16.6. The average molecular weight is 394 g/mol. The summed E-state index contributed by atoms with van der Waals surface area (Å²) in [5.74, 6) is -0.611. The largest absolute Gasteiger partial charge is 0.372 e. The van der Waals surface area contributed by atoms with Crippen molar-refractivity contribution in [1.29, 1.82) is 0 Å². The molecule has 30 heavy (non-hydrogen) atoms. The summed E-state index contributed by atoms with van der Waals surface area (Å²) in [5, 5.41) is 18.0. The minimum atomic E-state index is -1.85. The maximum absolute atomic E-state index is 13.1. The van der Waals surface area contributed by atoms with Crippen molar-refractivity contribution in [3.8, 4) is 0 Å². The van der Waals surface area contributed by atoms with E-state index in [4.69, 9.17) is 0 Å². The lowest BCUT2D eigenvalue weighted by Crippen LogP contribution is -2.43. The van der Waals surface area contributed by atoms with E-state index in [0.29, 0.717) is 16.8 Å². The highest BCUT2D eigenvalue weighted by Gasteiger charge is 2.39. The van der Waals surface area contributed by atoms with E-state index in [-0.39, 0.29) is 0 Å². The van der Waals surface area contributed by atoms with Gasteiger partial charge in [0.05, 0.1) is 5.71 Å². The van der Waals surface area contributed by atoms with Gasteiger partial charge in [-0.2, -0.15) is 5.10 Å². The molecule has 0 aromatic heterocycles. The maximum Gasteiger partial charge on any atom is 0.281 e. The van der Waals surface area contributed by atoms with Crippen molar-refractivity contribution in [3.63, 3.8) is 0 Å². The average Bonchev–Trinajstić information content (AvgIpc) is 2.82. The van der Waals surface area contributed by atoms with E-state index >= 15 is 0 Å². The lowest BCUT2D eigenvalue weighted by molar-refractivity contribution is -0.136. The Morgan fingerprint density at radius 2 is 1.30 bits per heavy atom. The van der Waals surface area contributed by atoms with Crippen LogP contribution in [0.25, 0.3) is 10.8 Å². The van der Waals surface area contributed by atoms with Crippen molar-refractivity contribution in [1.82, 2.24) is 5.43 Å². The van der Waals surface area contributed by atoms with Crippen molar-refractivity contribution in [2.24, 2.45) is 5.10 Å². The second kappa shape index (κ2) is 8.31. The number of fused-ring (bicyclic) bond motifs is 1. The molecule has 0 unspecified atom stereocenters. The third-order valence-electron chi connectivity index (χ3n) is 5.20. The molecular weight excluding hydrogens is 372 g/mol. The van der Waals surface area contributed by atoms with Crippen LogP contribution in [0.5, 0.6) is 0 Å². The molecule has 4 aromatic carbocycles. The minimum absolute atomic E-state index is 0.479. The molecule has 0 aliphatic carbocycles. The third kappa shape index (κ3) is 3.73.